The number of carboxylic acid groups (broad SMARTS) is 3. The first-order chi connectivity index (χ1) is 38.2. The zero-order chi connectivity index (χ0) is 62.3. The smallest absolute Gasteiger partial charge is 0.305 e. The predicted molar refractivity (Wildman–Crippen MR) is 277 cm³/mol. The number of nitrogens with one attached hydrogen (secondary N) is 10. The van der Waals surface area contributed by atoms with E-state index in [1.807, 2.05) is 5.32 Å². The van der Waals surface area contributed by atoms with E-state index in [0.717, 1.165) is 20.8 Å². The minimum atomic E-state index is -2.01. The highest BCUT2D eigenvalue weighted by Crippen LogP contribution is 2.20. The number of H-pyrrole nitrogens is 1. The third-order valence-electron chi connectivity index (χ3n) is 11.8. The number of carboxylic acids is 3. The molecule has 0 fully saturated rings. The molecule has 0 radical (unpaired) electrons. The van der Waals surface area contributed by atoms with Crippen LogP contribution in [0.5, 0.6) is 0 Å². The van der Waals surface area contributed by atoms with E-state index in [1.54, 1.807) is 24.3 Å². The molecule has 2 rings (SSSR count). The molecule has 35 nitrogen and oxygen atoms in total. The number of nitrogens with two attached hydrogens (primary N) is 5. The number of aliphatic hydroxyl groups excluding tert-OH is 1. The molecule has 0 aliphatic rings. The van der Waals surface area contributed by atoms with Crippen LogP contribution >= 0.6 is 0 Å². The molecule has 1 aromatic carbocycles. The zero-order valence-corrected chi connectivity index (χ0v) is 44.3. The molecule has 450 valence electrons. The predicted octanol–water partition coefficient (Wildman–Crippen LogP) is -8.86. The second kappa shape index (κ2) is 32.3. The van der Waals surface area contributed by atoms with E-state index in [0.29, 0.717) is 16.5 Å². The van der Waals surface area contributed by atoms with Crippen molar-refractivity contribution in [3.63, 3.8) is 0 Å². The summed E-state index contributed by atoms with van der Waals surface area (Å²) in [5.41, 5.74) is 27.5. The lowest BCUT2D eigenvalue weighted by atomic mass is 10.0. The van der Waals surface area contributed by atoms with Crippen molar-refractivity contribution in [2.45, 2.75) is 145 Å². The minimum absolute atomic E-state index is 0.380. The fourth-order valence-corrected chi connectivity index (χ4v) is 7.36. The fourth-order valence-electron chi connectivity index (χ4n) is 7.36. The number of para-hydroxylation sites is 1. The molecule has 0 saturated heterocycles. The van der Waals surface area contributed by atoms with Crippen molar-refractivity contribution in [1.82, 2.24) is 52.8 Å². The fraction of sp³-hybridized carbons (Fsp3) is 0.489. The molecule has 0 aliphatic heterocycles. The number of aliphatic hydroxyl groups is 1. The van der Waals surface area contributed by atoms with Crippen molar-refractivity contribution in [1.29, 1.82) is 0 Å². The van der Waals surface area contributed by atoms with Crippen LogP contribution in [0.2, 0.25) is 0 Å². The van der Waals surface area contributed by atoms with Crippen LogP contribution in [0, 0.1) is 0 Å². The maximum Gasteiger partial charge on any atom is 0.305 e. The third-order valence-corrected chi connectivity index (χ3v) is 11.8. The quantitative estimate of drug-likeness (QED) is 0.0301. The molecule has 13 amide bonds. The number of carbonyl (C=O) groups excluding carboxylic acids is 13. The normalized spacial score (nSPS) is 14.9. The number of amides is 13. The Balaban J connectivity index is 2.44. The average Bonchev–Trinajstić information content (AvgIpc) is 3.84. The summed E-state index contributed by atoms with van der Waals surface area (Å²) in [6, 6.07) is -11.2. The van der Waals surface area contributed by atoms with Gasteiger partial charge in [-0.05, 0) is 45.2 Å². The van der Waals surface area contributed by atoms with Gasteiger partial charge in [-0.3, -0.25) is 76.7 Å². The molecule has 1 heterocycles. The number of primary amides is 4. The molecule has 24 N–H and O–H groups in total. The van der Waals surface area contributed by atoms with Crippen LogP contribution in [0.25, 0.3) is 10.9 Å². The van der Waals surface area contributed by atoms with Gasteiger partial charge < -0.3 is 102 Å². The lowest BCUT2D eigenvalue weighted by molar-refractivity contribution is -0.141. The van der Waals surface area contributed by atoms with Crippen LogP contribution < -0.4 is 76.5 Å². The number of hydrogen-bond donors (Lipinski definition) is 19. The molecular weight excluding hydrogens is 1090 g/mol. The van der Waals surface area contributed by atoms with Crippen molar-refractivity contribution in [3.8, 4) is 0 Å². The third kappa shape index (κ3) is 23.3. The van der Waals surface area contributed by atoms with Gasteiger partial charge >= 0.3 is 17.9 Å². The van der Waals surface area contributed by atoms with Crippen LogP contribution in [-0.4, -0.2) is 187 Å². The minimum Gasteiger partial charge on any atom is -0.481 e. The molecule has 82 heavy (non-hydrogen) atoms. The Morgan fingerprint density at radius 2 is 0.805 bits per heavy atom. The average molecular weight is 1160 g/mol. The molecule has 0 aliphatic carbocycles. The van der Waals surface area contributed by atoms with Gasteiger partial charge in [-0.15, -0.1) is 0 Å². The van der Waals surface area contributed by atoms with E-state index in [-0.39, 0.29) is 0 Å². The van der Waals surface area contributed by atoms with Crippen molar-refractivity contribution >= 4 is 106 Å². The lowest BCUT2D eigenvalue weighted by Gasteiger charge is -2.27. The molecule has 1 aromatic heterocycles. The first-order valence-corrected chi connectivity index (χ1v) is 24.7. The molecule has 0 bridgehead atoms. The highest BCUT2D eigenvalue weighted by Gasteiger charge is 2.36. The van der Waals surface area contributed by atoms with Crippen LogP contribution in [0.4, 0.5) is 0 Å². The highest BCUT2D eigenvalue weighted by molar-refractivity contribution is 6.01. The van der Waals surface area contributed by atoms with Crippen LogP contribution in [-0.2, 0) is 83.1 Å². The number of fused-ring (bicyclic) bond motifs is 1. The van der Waals surface area contributed by atoms with Gasteiger partial charge in [0.25, 0.3) is 0 Å². The molecule has 0 saturated carbocycles. The first-order valence-electron chi connectivity index (χ1n) is 24.7. The first kappa shape index (κ1) is 68.3. The zero-order valence-electron chi connectivity index (χ0n) is 44.3. The summed E-state index contributed by atoms with van der Waals surface area (Å²) >= 11 is 0. The van der Waals surface area contributed by atoms with Crippen molar-refractivity contribution in [2.24, 2.45) is 28.7 Å². The Morgan fingerprint density at radius 1 is 0.451 bits per heavy atom. The molecule has 2 aromatic rings. The largest absolute Gasteiger partial charge is 0.481 e. The molecule has 11 atom stereocenters. The SMILES string of the molecule is C[C@H](NC(=O)[C@H](Cc1c[nH]c2ccccc12)NC(=O)[C@H](CC(N)=O)NC(=O)[C@H](CCC(=O)O)NC(=O)[C@H](C)NC(=O)[C@H](CCC(=O)O)NC(=O)[C@H](CC(N)=O)NC(=O)[C@@H](N)[C@@H](C)O)C(=O)N[C@@H](CC(=O)O)C(=O)N[C@@H](CC(N)=O)C(N)=O. The number of benzene rings is 1. The number of rotatable bonds is 36. The Hall–Kier alpha value is -9.80. The molecule has 0 spiro atoms. The van der Waals surface area contributed by atoms with E-state index in [1.165, 1.54) is 6.20 Å². The molecular formula is C47H67N15O20. The van der Waals surface area contributed by atoms with Crippen molar-refractivity contribution < 1.29 is 97.1 Å². The maximum atomic E-state index is 14.1. The summed E-state index contributed by atoms with van der Waals surface area (Å²) < 4.78 is 0. The Labute approximate surface area is 464 Å². The van der Waals surface area contributed by atoms with Gasteiger partial charge in [-0.1, -0.05) is 18.2 Å². The number of aliphatic carboxylic acids is 3. The van der Waals surface area contributed by atoms with Crippen LogP contribution in [0.3, 0.4) is 0 Å². The van der Waals surface area contributed by atoms with E-state index >= 15 is 0 Å². The summed E-state index contributed by atoms with van der Waals surface area (Å²) in [5.74, 6) is -20.3. The van der Waals surface area contributed by atoms with Gasteiger partial charge in [0.1, 0.15) is 60.4 Å². The monoisotopic (exact) mass is 1160 g/mol. The number of hydrogen-bond acceptors (Lipinski definition) is 18. The highest BCUT2D eigenvalue weighted by atomic mass is 16.4. The lowest BCUT2D eigenvalue weighted by Crippen LogP contribution is -2.61. The van der Waals surface area contributed by atoms with E-state index in [2.05, 4.69) is 47.5 Å². The van der Waals surface area contributed by atoms with Crippen LogP contribution in [0.1, 0.15) is 77.7 Å². The van der Waals surface area contributed by atoms with Gasteiger partial charge in [0.05, 0.1) is 31.8 Å². The summed E-state index contributed by atoms with van der Waals surface area (Å²) in [5, 5.41) is 58.0. The summed E-state index contributed by atoms with van der Waals surface area (Å²) in [4.78, 5) is 207. The van der Waals surface area contributed by atoms with Gasteiger partial charge in [-0.2, -0.15) is 0 Å². The van der Waals surface area contributed by atoms with E-state index in [4.69, 9.17) is 28.7 Å². The maximum absolute atomic E-state index is 14.1. The molecule has 35 heteroatoms. The summed E-state index contributed by atoms with van der Waals surface area (Å²) in [6.07, 6.45) is -7.08. The Morgan fingerprint density at radius 3 is 1.24 bits per heavy atom. The Bertz CT molecular complexity index is 2770. The Kier molecular flexibility index (Phi) is 26.9. The van der Waals surface area contributed by atoms with Gasteiger partial charge in [-0.25, -0.2) is 0 Å². The standard InChI is InChI=1S/C47H67N15O20/c1-18(54-41(76)24(8-10-34(67)68)57-44(79)29(15-33(50)66)62-47(82)37(51)20(3)63)39(74)56-25(9-11-35(69)70)42(77)61-28(14-32(49)65)45(80)60-27(12-21-17-53-23-7-5-4-6-22(21)23)43(78)55-19(2)40(75)59-30(16-36(71)72)46(81)58-26(38(52)73)13-31(48)64/h4-7,17-20,24-30,37,53,63H,8-16,51H2,1-3H3,(H2,48,64)(H2,49,65)(H2,50,66)(H2,52,73)(H,54,76)(H,55,78)(H,56,74)(H,57,79)(H,58,81)(H,59,75)(H,60,80)(H,61,77)(H,62,82)(H,67,68)(H,69,70)(H,71,72)/t18-,19-,20+,24-,25-,26-,27-,28-,29-,30-,37-/m0/s1. The van der Waals surface area contributed by atoms with Crippen LogP contribution in [0.15, 0.2) is 30.5 Å². The van der Waals surface area contributed by atoms with Gasteiger partial charge in [0.15, 0.2) is 0 Å². The second-order valence-electron chi connectivity index (χ2n) is 18.6. The second-order valence-corrected chi connectivity index (χ2v) is 18.6. The molecule has 0 unspecified atom stereocenters. The number of aromatic nitrogens is 1. The number of aromatic amines is 1. The van der Waals surface area contributed by atoms with E-state index in [9.17, 15) is 97.1 Å². The van der Waals surface area contributed by atoms with Crippen molar-refractivity contribution in [3.05, 3.63) is 36.0 Å². The van der Waals surface area contributed by atoms with Gasteiger partial charge in [0, 0.05) is 36.4 Å². The topological polar surface area (TPSA) is 608 Å². The van der Waals surface area contributed by atoms with Gasteiger partial charge in [0.2, 0.25) is 76.8 Å². The van der Waals surface area contributed by atoms with E-state index < -0.39 is 219 Å². The summed E-state index contributed by atoms with van der Waals surface area (Å²) in [6.45, 7) is 3.27. The summed E-state index contributed by atoms with van der Waals surface area (Å²) in [7, 11) is 0. The van der Waals surface area contributed by atoms with Crippen molar-refractivity contribution in [2.75, 3.05) is 0 Å². The number of carbonyl (C=O) groups is 16.